The van der Waals surface area contributed by atoms with E-state index >= 15 is 0 Å². The van der Waals surface area contributed by atoms with Crippen molar-refractivity contribution in [3.63, 3.8) is 0 Å². The van der Waals surface area contributed by atoms with E-state index in [1.165, 1.54) is 22.9 Å². The average Bonchev–Trinajstić information content (AvgIpc) is 3.17. The largest absolute Gasteiger partial charge is 0.460 e. The number of carbonyl (C=O) groups is 1. The van der Waals surface area contributed by atoms with Gasteiger partial charge in [0.15, 0.2) is 9.84 Å². The highest BCUT2D eigenvalue weighted by Crippen LogP contribution is 2.43. The molecule has 2 aliphatic carbocycles. The number of rotatable bonds is 2. The number of hydrogen-bond acceptors (Lipinski definition) is 6. The van der Waals surface area contributed by atoms with Crippen LogP contribution in [0.2, 0.25) is 0 Å². The van der Waals surface area contributed by atoms with E-state index in [1.54, 1.807) is 12.1 Å². The molecule has 3 aliphatic rings. The second-order valence-corrected chi connectivity index (χ2v) is 13.9. The molecule has 0 radical (unpaired) electrons. The Hall–Kier alpha value is -3.68. The lowest BCUT2D eigenvalue weighted by Crippen LogP contribution is -2.35. The molecule has 1 aliphatic heterocycles. The van der Waals surface area contributed by atoms with Gasteiger partial charge in [-0.3, -0.25) is 4.79 Å². The fraction of sp³-hybridized carbons (Fsp3) is 0.324. The summed E-state index contributed by atoms with van der Waals surface area (Å²) in [6.07, 6.45) is 11.8. The van der Waals surface area contributed by atoms with Crippen molar-refractivity contribution in [2.75, 3.05) is 6.26 Å². The van der Waals surface area contributed by atoms with E-state index in [-0.39, 0.29) is 17.9 Å². The smallest absolute Gasteiger partial charge is 0.309 e. The highest BCUT2D eigenvalue weighted by molar-refractivity contribution is 7.90. The monoisotopic (exact) mass is 570 g/mol. The average molecular weight is 571 g/mol. The Labute approximate surface area is 243 Å². The summed E-state index contributed by atoms with van der Waals surface area (Å²) in [5.74, 6) is -0.459. The highest BCUT2D eigenvalue weighted by atomic mass is 32.2. The summed E-state index contributed by atoms with van der Waals surface area (Å²) in [7, 11) is -3.29. The summed E-state index contributed by atoms with van der Waals surface area (Å²) in [5, 5.41) is 3.03. The molecule has 41 heavy (non-hydrogen) atoms. The van der Waals surface area contributed by atoms with Crippen LogP contribution in [0.3, 0.4) is 0 Å². The number of carbonyl (C=O) groups excluding carboxylic acids is 1. The number of nitrogens with one attached hydrogen (secondary N) is 1. The maximum absolute atomic E-state index is 12.7. The molecule has 0 saturated heterocycles. The molecule has 2 atom stereocenters. The molecule has 7 heteroatoms. The van der Waals surface area contributed by atoms with E-state index in [9.17, 15) is 13.2 Å². The molecule has 3 aromatic rings. The van der Waals surface area contributed by atoms with Gasteiger partial charge in [-0.15, -0.1) is 0 Å². The van der Waals surface area contributed by atoms with Crippen LogP contribution < -0.4 is 11.1 Å². The van der Waals surface area contributed by atoms with E-state index in [1.807, 2.05) is 57.4 Å². The standard InChI is InChI=1S/C24H29NO4S.C10H9N/c1-24(2,3)29-23(26)14-12-20-17-9-11-19-15(6-5-7-22(19)30(4,27)28)16(17)8-10-18(20)21(25)13-14;1-2-4-10-6-8-11-7-5-9(10)3-1/h5-8,10,14,21H,9,11-13,25H2,1-4H3;1-8,11H. The van der Waals surface area contributed by atoms with Crippen molar-refractivity contribution < 1.29 is 17.9 Å². The molecule has 214 valence electrons. The predicted octanol–water partition coefficient (Wildman–Crippen LogP) is 5.99. The van der Waals surface area contributed by atoms with Gasteiger partial charge in [-0.25, -0.2) is 8.42 Å². The molecule has 0 spiro atoms. The molecule has 6 rings (SSSR count). The predicted molar refractivity (Wildman–Crippen MR) is 165 cm³/mol. The van der Waals surface area contributed by atoms with Crippen LogP contribution in [-0.4, -0.2) is 26.2 Å². The number of nitrogens with two attached hydrogens (primary N) is 1. The first-order chi connectivity index (χ1) is 19.4. The van der Waals surface area contributed by atoms with Crippen molar-refractivity contribution >= 4 is 28.0 Å². The fourth-order valence-electron chi connectivity index (χ4n) is 5.98. The molecule has 6 nitrogen and oxygen atoms in total. The molecule has 0 amide bonds. The fourth-order valence-corrected chi connectivity index (χ4v) is 6.97. The normalized spacial score (nSPS) is 18.8. The van der Waals surface area contributed by atoms with Crippen molar-refractivity contribution in [1.82, 2.24) is 5.32 Å². The van der Waals surface area contributed by atoms with Crippen molar-refractivity contribution in [3.8, 4) is 11.1 Å². The minimum atomic E-state index is -3.29. The number of hydrogen-bond donors (Lipinski definition) is 2. The van der Waals surface area contributed by atoms with Gasteiger partial charge in [-0.1, -0.05) is 48.5 Å². The third-order valence-electron chi connectivity index (χ3n) is 7.76. The Morgan fingerprint density at radius 2 is 1.51 bits per heavy atom. The van der Waals surface area contributed by atoms with Gasteiger partial charge in [0.05, 0.1) is 10.8 Å². The summed E-state index contributed by atoms with van der Waals surface area (Å²) in [6, 6.07) is 17.7. The highest BCUT2D eigenvalue weighted by Gasteiger charge is 2.35. The van der Waals surface area contributed by atoms with Gasteiger partial charge >= 0.3 is 5.97 Å². The Balaban J connectivity index is 0.000000255. The maximum Gasteiger partial charge on any atom is 0.309 e. The van der Waals surface area contributed by atoms with Crippen LogP contribution in [0.15, 0.2) is 71.9 Å². The minimum absolute atomic E-state index is 0.197. The van der Waals surface area contributed by atoms with Crippen LogP contribution in [-0.2, 0) is 38.6 Å². The molecule has 0 fully saturated rings. The van der Waals surface area contributed by atoms with Crippen molar-refractivity contribution in [2.45, 2.75) is 63.0 Å². The van der Waals surface area contributed by atoms with Gasteiger partial charge in [0.1, 0.15) is 5.60 Å². The molecule has 1 heterocycles. The Bertz CT molecular complexity index is 1620. The number of esters is 1. The van der Waals surface area contributed by atoms with Crippen LogP contribution in [0.5, 0.6) is 0 Å². The van der Waals surface area contributed by atoms with E-state index < -0.39 is 15.4 Å². The van der Waals surface area contributed by atoms with Crippen molar-refractivity contribution in [3.05, 3.63) is 100 Å². The van der Waals surface area contributed by atoms with Gasteiger partial charge in [0.25, 0.3) is 0 Å². The van der Waals surface area contributed by atoms with E-state index in [4.69, 9.17) is 10.5 Å². The number of ether oxygens (including phenoxy) is 1. The summed E-state index contributed by atoms with van der Waals surface area (Å²) in [5.41, 5.74) is 14.8. The quantitative estimate of drug-likeness (QED) is 0.367. The third-order valence-corrected chi connectivity index (χ3v) is 8.94. The molecule has 0 saturated carbocycles. The molecule has 3 aromatic carbocycles. The molecule has 0 bridgehead atoms. The lowest BCUT2D eigenvalue weighted by Gasteiger charge is -2.34. The van der Waals surface area contributed by atoms with Gasteiger partial charge in [0.2, 0.25) is 0 Å². The second kappa shape index (κ2) is 11.3. The first-order valence-electron chi connectivity index (χ1n) is 14.1. The molecular formula is C34H38N2O4S. The SMILES string of the molecule is C1=Cc2ccccc2C=CN1.CC(C)(C)OC(=O)C1Cc2c(ccc3c2CCc2c-3cccc2S(C)(=O)=O)C(N)C1. The zero-order valence-electron chi connectivity index (χ0n) is 24.1. The number of fused-ring (bicyclic) bond motifs is 6. The third kappa shape index (κ3) is 6.31. The van der Waals surface area contributed by atoms with Crippen LogP contribution in [0.4, 0.5) is 0 Å². The summed E-state index contributed by atoms with van der Waals surface area (Å²) in [6.45, 7) is 5.62. The van der Waals surface area contributed by atoms with Crippen LogP contribution >= 0.6 is 0 Å². The zero-order valence-corrected chi connectivity index (χ0v) is 24.9. The van der Waals surface area contributed by atoms with Crippen LogP contribution in [0.25, 0.3) is 23.3 Å². The zero-order chi connectivity index (χ0) is 29.4. The first kappa shape index (κ1) is 28.8. The topological polar surface area (TPSA) is 98.5 Å². The lowest BCUT2D eigenvalue weighted by molar-refractivity contribution is -0.160. The maximum atomic E-state index is 12.7. The van der Waals surface area contributed by atoms with Crippen LogP contribution in [0.1, 0.15) is 66.6 Å². The van der Waals surface area contributed by atoms with Crippen molar-refractivity contribution in [2.24, 2.45) is 11.7 Å². The van der Waals surface area contributed by atoms with Gasteiger partial charge in [-0.05, 0) is 109 Å². The molecule has 0 aromatic heterocycles. The van der Waals surface area contributed by atoms with Crippen molar-refractivity contribution in [1.29, 1.82) is 0 Å². The second-order valence-electron chi connectivity index (χ2n) is 12.0. The van der Waals surface area contributed by atoms with E-state index in [2.05, 4.69) is 35.7 Å². The Morgan fingerprint density at radius 3 is 2.15 bits per heavy atom. The van der Waals surface area contributed by atoms with Crippen LogP contribution in [0, 0.1) is 5.92 Å². The van der Waals surface area contributed by atoms with Gasteiger partial charge in [0, 0.05) is 24.7 Å². The first-order valence-corrected chi connectivity index (χ1v) is 15.9. The van der Waals surface area contributed by atoms with Gasteiger partial charge < -0.3 is 15.8 Å². The summed E-state index contributed by atoms with van der Waals surface area (Å²) in [4.78, 5) is 13.2. The molecule has 2 unspecified atom stereocenters. The number of sulfone groups is 1. The minimum Gasteiger partial charge on any atom is -0.460 e. The lowest BCUT2D eigenvalue weighted by atomic mass is 9.74. The Kier molecular flexibility index (Phi) is 7.95. The molecule has 3 N–H and O–H groups in total. The van der Waals surface area contributed by atoms with Gasteiger partial charge in [-0.2, -0.15) is 0 Å². The summed E-state index contributed by atoms with van der Waals surface area (Å²) < 4.78 is 30.1. The molecular weight excluding hydrogens is 532 g/mol. The van der Waals surface area contributed by atoms with E-state index in [0.29, 0.717) is 24.2 Å². The summed E-state index contributed by atoms with van der Waals surface area (Å²) >= 11 is 0. The van der Waals surface area contributed by atoms with E-state index in [0.717, 1.165) is 34.2 Å². The Morgan fingerprint density at radius 1 is 0.878 bits per heavy atom. The number of benzene rings is 3.